The van der Waals surface area contributed by atoms with E-state index in [1.54, 1.807) is 0 Å². The quantitative estimate of drug-likeness (QED) is 0.275. The van der Waals surface area contributed by atoms with Crippen LogP contribution in [0.25, 0.3) is 11.3 Å². The first-order valence-corrected chi connectivity index (χ1v) is 13.6. The molecular weight excluding hydrogens is 478 g/mol. The molecule has 3 heterocycles. The summed E-state index contributed by atoms with van der Waals surface area (Å²) < 4.78 is 2.37. The number of anilines is 2. The first-order chi connectivity index (χ1) is 19.0. The van der Waals surface area contributed by atoms with Gasteiger partial charge in [0.2, 0.25) is 0 Å². The van der Waals surface area contributed by atoms with Crippen LogP contribution in [0.3, 0.4) is 0 Å². The lowest BCUT2D eigenvalue weighted by Gasteiger charge is -2.37. The second-order valence-electron chi connectivity index (χ2n) is 10.9. The van der Waals surface area contributed by atoms with Crippen molar-refractivity contribution in [3.8, 4) is 11.3 Å². The summed E-state index contributed by atoms with van der Waals surface area (Å²) in [5.74, 6) is 0.0660. The van der Waals surface area contributed by atoms with Gasteiger partial charge in [0.05, 0.1) is 17.9 Å². The fourth-order valence-electron chi connectivity index (χ4n) is 6.32. The van der Waals surface area contributed by atoms with E-state index in [1.807, 2.05) is 11.0 Å². The number of rotatable bonds is 4. The van der Waals surface area contributed by atoms with Crippen LogP contribution >= 0.6 is 0 Å². The molecule has 4 heteroatoms. The molecule has 0 saturated heterocycles. The number of benzene rings is 4. The number of para-hydroxylation sites is 1. The number of amides is 1. The molecule has 2 aliphatic rings. The van der Waals surface area contributed by atoms with Gasteiger partial charge < -0.3 is 14.8 Å². The Hall–Kier alpha value is -4.57. The van der Waals surface area contributed by atoms with Crippen molar-refractivity contribution < 1.29 is 4.79 Å². The Bertz CT molecular complexity index is 1730. The van der Waals surface area contributed by atoms with Crippen molar-refractivity contribution in [2.45, 2.75) is 39.4 Å². The third-order valence-electron chi connectivity index (χ3n) is 8.27. The molecule has 0 fully saturated rings. The van der Waals surface area contributed by atoms with E-state index in [1.165, 1.54) is 11.1 Å². The minimum absolute atomic E-state index is 0.0660. The number of hydrogen-bond acceptors (Lipinski definition) is 2. The molecule has 4 aromatic carbocycles. The summed E-state index contributed by atoms with van der Waals surface area (Å²) in [7, 11) is 0. The number of aromatic nitrogens is 1. The van der Waals surface area contributed by atoms with E-state index in [9.17, 15) is 4.79 Å². The second-order valence-corrected chi connectivity index (χ2v) is 10.9. The summed E-state index contributed by atoms with van der Waals surface area (Å²) in [4.78, 5) is 16.8. The van der Waals surface area contributed by atoms with E-state index in [0.717, 1.165) is 57.1 Å². The molecule has 192 valence electrons. The zero-order chi connectivity index (χ0) is 26.7. The number of nitrogens with one attached hydrogen (secondary N) is 1. The van der Waals surface area contributed by atoms with E-state index in [-0.39, 0.29) is 5.91 Å². The molecule has 2 aliphatic heterocycles. The lowest BCUT2D eigenvalue weighted by molar-refractivity contribution is -0.121. The van der Waals surface area contributed by atoms with E-state index in [0.29, 0.717) is 6.54 Å². The highest BCUT2D eigenvalue weighted by atomic mass is 16.2. The van der Waals surface area contributed by atoms with E-state index in [4.69, 9.17) is 0 Å². The van der Waals surface area contributed by atoms with Crippen LogP contribution in [0, 0.1) is 20.8 Å². The molecule has 1 atom stereocenters. The van der Waals surface area contributed by atoms with Crippen LogP contribution in [0.5, 0.6) is 0 Å². The van der Waals surface area contributed by atoms with Crippen LogP contribution in [-0.2, 0) is 23.4 Å². The normalized spacial score (nSPS) is 17.1. The Kier molecular flexibility index (Phi) is 5.27. The highest BCUT2D eigenvalue weighted by Gasteiger charge is 2.56. The number of fused-ring (bicyclic) bond motifs is 6. The average molecular weight is 510 g/mol. The van der Waals surface area contributed by atoms with Crippen LogP contribution in [-0.4, -0.2) is 10.5 Å². The summed E-state index contributed by atoms with van der Waals surface area (Å²) in [5, 5.41) is 3.79. The van der Waals surface area contributed by atoms with Gasteiger partial charge in [0, 0.05) is 34.6 Å². The molecule has 1 aromatic heterocycles. The maximum Gasteiger partial charge on any atom is 0.262 e. The monoisotopic (exact) mass is 509 g/mol. The summed E-state index contributed by atoms with van der Waals surface area (Å²) in [6.45, 7) is 7.61. The zero-order valence-corrected chi connectivity index (χ0v) is 22.5. The summed E-state index contributed by atoms with van der Waals surface area (Å²) in [6, 6.07) is 36.0. The molecular formula is C35H31N3O. The highest BCUT2D eigenvalue weighted by molar-refractivity contribution is 6.14. The molecule has 5 aromatic rings. The molecule has 1 unspecified atom stereocenters. The number of hydrogen-bond donors (Lipinski definition) is 1. The summed E-state index contributed by atoms with van der Waals surface area (Å²) in [5.41, 5.74) is 11.1. The second kappa shape index (κ2) is 8.74. The van der Waals surface area contributed by atoms with Gasteiger partial charge in [-0.15, -0.1) is 0 Å². The Morgan fingerprint density at radius 2 is 1.38 bits per heavy atom. The number of carbonyl (C=O) groups is 1. The van der Waals surface area contributed by atoms with Gasteiger partial charge in [0.15, 0.2) is 5.54 Å². The first-order valence-electron chi connectivity index (χ1n) is 13.6. The maximum atomic E-state index is 14.8. The Labute approximate surface area is 229 Å². The lowest BCUT2D eigenvalue weighted by atomic mass is 9.78. The molecule has 39 heavy (non-hydrogen) atoms. The van der Waals surface area contributed by atoms with E-state index < -0.39 is 5.54 Å². The van der Waals surface area contributed by atoms with Crippen molar-refractivity contribution in [2.24, 2.45) is 0 Å². The maximum absolute atomic E-state index is 14.8. The SMILES string of the molecule is Cc1ccc(CN2C(=O)C3(Nc4ccccc4-c4c3cc(C)n4Cc3ccccc3)c3cc(C)ccc32)cc1. The van der Waals surface area contributed by atoms with E-state index in [2.05, 4.69) is 128 Å². The van der Waals surface area contributed by atoms with Gasteiger partial charge in [-0.05, 0) is 50.1 Å². The fourth-order valence-corrected chi connectivity index (χ4v) is 6.32. The lowest BCUT2D eigenvalue weighted by Crippen LogP contribution is -2.48. The van der Waals surface area contributed by atoms with Crippen LogP contribution in [0.4, 0.5) is 11.4 Å². The molecule has 1 spiro atoms. The first kappa shape index (κ1) is 23.5. The van der Waals surface area contributed by atoms with Crippen molar-refractivity contribution >= 4 is 17.3 Å². The molecule has 0 aliphatic carbocycles. The Morgan fingerprint density at radius 3 is 2.18 bits per heavy atom. The topological polar surface area (TPSA) is 37.3 Å². The minimum atomic E-state index is -0.998. The van der Waals surface area contributed by atoms with Crippen molar-refractivity contribution in [2.75, 3.05) is 10.2 Å². The van der Waals surface area contributed by atoms with Gasteiger partial charge >= 0.3 is 0 Å². The van der Waals surface area contributed by atoms with Crippen molar-refractivity contribution in [3.05, 3.63) is 142 Å². The van der Waals surface area contributed by atoms with Gasteiger partial charge in [0.1, 0.15) is 0 Å². The third kappa shape index (κ3) is 3.55. The summed E-state index contributed by atoms with van der Waals surface area (Å²) in [6.07, 6.45) is 0. The van der Waals surface area contributed by atoms with Crippen LogP contribution < -0.4 is 10.2 Å². The Morgan fingerprint density at radius 1 is 0.692 bits per heavy atom. The van der Waals surface area contributed by atoms with Crippen molar-refractivity contribution in [1.29, 1.82) is 0 Å². The average Bonchev–Trinajstić information content (AvgIpc) is 3.39. The Balaban J connectivity index is 1.45. The smallest absolute Gasteiger partial charge is 0.262 e. The molecule has 0 bridgehead atoms. The number of nitrogens with zero attached hydrogens (tertiary/aromatic N) is 2. The highest BCUT2D eigenvalue weighted by Crippen LogP contribution is 2.54. The largest absolute Gasteiger partial charge is 0.363 e. The fraction of sp³-hybridized carbons (Fsp3) is 0.171. The van der Waals surface area contributed by atoms with Gasteiger partial charge in [-0.3, -0.25) is 4.79 Å². The van der Waals surface area contributed by atoms with Crippen molar-refractivity contribution in [1.82, 2.24) is 4.57 Å². The molecule has 0 saturated carbocycles. The van der Waals surface area contributed by atoms with Crippen LogP contribution in [0.2, 0.25) is 0 Å². The summed E-state index contributed by atoms with van der Waals surface area (Å²) >= 11 is 0. The standard InChI is InChI=1S/C35H31N3O/c1-23-13-16-27(17-14-23)22-38-32-18-15-24(2)19-29(32)35(34(38)39)30-20-25(3)37(21-26-9-5-4-6-10-26)33(30)28-11-7-8-12-31(28)36-35/h4-20,36H,21-22H2,1-3H3. The van der Waals surface area contributed by atoms with Crippen molar-refractivity contribution in [3.63, 3.8) is 0 Å². The van der Waals surface area contributed by atoms with Gasteiger partial charge in [-0.2, -0.15) is 0 Å². The van der Waals surface area contributed by atoms with Gasteiger partial charge in [0.25, 0.3) is 5.91 Å². The van der Waals surface area contributed by atoms with E-state index >= 15 is 0 Å². The molecule has 0 radical (unpaired) electrons. The molecule has 4 nitrogen and oxygen atoms in total. The number of aryl methyl sites for hydroxylation is 3. The zero-order valence-electron chi connectivity index (χ0n) is 22.5. The predicted molar refractivity (Wildman–Crippen MR) is 158 cm³/mol. The molecule has 7 rings (SSSR count). The molecule has 1 N–H and O–H groups in total. The van der Waals surface area contributed by atoms with Gasteiger partial charge in [-0.25, -0.2) is 0 Å². The third-order valence-corrected chi connectivity index (χ3v) is 8.27. The predicted octanol–water partition coefficient (Wildman–Crippen LogP) is 7.34. The van der Waals surface area contributed by atoms with Crippen LogP contribution in [0.1, 0.15) is 39.1 Å². The van der Waals surface area contributed by atoms with Crippen LogP contribution in [0.15, 0.2) is 103 Å². The number of carbonyl (C=O) groups excluding carboxylic acids is 1. The molecule has 1 amide bonds. The minimum Gasteiger partial charge on any atom is -0.363 e. The van der Waals surface area contributed by atoms with Gasteiger partial charge in [-0.1, -0.05) is 96.1 Å².